The second kappa shape index (κ2) is 6.97. The van der Waals surface area contributed by atoms with Crippen LogP contribution in [0.2, 0.25) is 0 Å². The molecule has 0 amide bonds. The van der Waals surface area contributed by atoms with Gasteiger partial charge in [0, 0.05) is 16.5 Å². The molecule has 3 rings (SSSR count). The fourth-order valence-corrected chi connectivity index (χ4v) is 3.28. The van der Waals surface area contributed by atoms with Crippen LogP contribution in [-0.4, -0.2) is 18.1 Å². The van der Waals surface area contributed by atoms with E-state index in [0.717, 1.165) is 21.8 Å². The number of ether oxygens (including phenoxy) is 1. The van der Waals surface area contributed by atoms with Crippen LogP contribution in [0.5, 0.6) is 0 Å². The third-order valence-corrected chi connectivity index (χ3v) is 4.82. The lowest BCUT2D eigenvalue weighted by Crippen LogP contribution is -2.00. The van der Waals surface area contributed by atoms with E-state index in [1.54, 1.807) is 23.5 Å². The normalized spacial score (nSPS) is 10.8. The van der Waals surface area contributed by atoms with Crippen LogP contribution in [-0.2, 0) is 4.74 Å². The first-order valence-electron chi connectivity index (χ1n) is 7.83. The maximum Gasteiger partial charge on any atom is 0.337 e. The average molecular weight is 337 g/mol. The molecule has 0 unspecified atom stereocenters. The summed E-state index contributed by atoms with van der Waals surface area (Å²) in [5.74, 6) is 0.199. The molecule has 1 aromatic heterocycles. The Morgan fingerprint density at radius 2 is 1.62 bits per heavy atom. The van der Waals surface area contributed by atoms with Crippen molar-refractivity contribution >= 4 is 17.3 Å². The van der Waals surface area contributed by atoms with Gasteiger partial charge in [-0.25, -0.2) is 9.78 Å². The quantitative estimate of drug-likeness (QED) is 0.599. The minimum Gasteiger partial charge on any atom is -0.465 e. The molecule has 2 aromatic carbocycles. The van der Waals surface area contributed by atoms with Crippen molar-refractivity contribution in [1.29, 1.82) is 0 Å². The third-order valence-electron chi connectivity index (χ3n) is 3.93. The van der Waals surface area contributed by atoms with Crippen molar-refractivity contribution in [3.05, 3.63) is 65.0 Å². The topological polar surface area (TPSA) is 39.2 Å². The summed E-state index contributed by atoms with van der Waals surface area (Å²) >= 11 is 1.60. The molecular formula is C20H19NO2S. The van der Waals surface area contributed by atoms with Crippen LogP contribution in [0.25, 0.3) is 21.8 Å². The SMILES string of the molecule is COC(=O)c1ccc(-c2nc(-c3ccc(C(C)C)cc3)cs2)cc1. The molecule has 0 atom stereocenters. The van der Waals surface area contributed by atoms with Gasteiger partial charge in [-0.1, -0.05) is 50.2 Å². The second-order valence-electron chi connectivity index (χ2n) is 5.88. The van der Waals surface area contributed by atoms with Gasteiger partial charge in [0.05, 0.1) is 18.4 Å². The Kier molecular flexibility index (Phi) is 4.76. The Hall–Kier alpha value is -2.46. The molecule has 0 saturated heterocycles. The van der Waals surface area contributed by atoms with Crippen LogP contribution >= 0.6 is 11.3 Å². The van der Waals surface area contributed by atoms with Gasteiger partial charge in [-0.05, 0) is 23.6 Å². The van der Waals surface area contributed by atoms with E-state index in [2.05, 4.69) is 43.5 Å². The van der Waals surface area contributed by atoms with Gasteiger partial charge in [-0.15, -0.1) is 11.3 Å². The summed E-state index contributed by atoms with van der Waals surface area (Å²) in [4.78, 5) is 16.2. The van der Waals surface area contributed by atoms with Gasteiger partial charge in [-0.3, -0.25) is 0 Å². The van der Waals surface area contributed by atoms with E-state index in [1.807, 2.05) is 12.1 Å². The molecule has 0 saturated carbocycles. The summed E-state index contributed by atoms with van der Waals surface area (Å²) in [7, 11) is 1.38. The zero-order valence-corrected chi connectivity index (χ0v) is 14.8. The Balaban J connectivity index is 1.83. The number of hydrogen-bond donors (Lipinski definition) is 0. The number of methoxy groups -OCH3 is 1. The molecule has 0 aliphatic rings. The fraction of sp³-hybridized carbons (Fsp3) is 0.200. The summed E-state index contributed by atoms with van der Waals surface area (Å²) in [6.07, 6.45) is 0. The van der Waals surface area contributed by atoms with Gasteiger partial charge in [0.2, 0.25) is 0 Å². The van der Waals surface area contributed by atoms with Crippen LogP contribution in [0.4, 0.5) is 0 Å². The first-order chi connectivity index (χ1) is 11.6. The van der Waals surface area contributed by atoms with E-state index < -0.39 is 0 Å². The summed E-state index contributed by atoms with van der Waals surface area (Å²) < 4.78 is 4.72. The number of nitrogens with zero attached hydrogens (tertiary/aromatic N) is 1. The number of carbonyl (C=O) groups is 1. The van der Waals surface area contributed by atoms with E-state index >= 15 is 0 Å². The minimum atomic E-state index is -0.327. The highest BCUT2D eigenvalue weighted by atomic mass is 32.1. The predicted octanol–water partition coefficient (Wildman–Crippen LogP) is 5.39. The van der Waals surface area contributed by atoms with Crippen molar-refractivity contribution in [2.24, 2.45) is 0 Å². The van der Waals surface area contributed by atoms with Crippen molar-refractivity contribution in [2.45, 2.75) is 19.8 Å². The summed E-state index contributed by atoms with van der Waals surface area (Å²) in [5, 5.41) is 3.00. The smallest absolute Gasteiger partial charge is 0.337 e. The standard InChI is InChI=1S/C20H19NO2S/c1-13(2)14-4-6-15(7-5-14)18-12-24-19(21-18)16-8-10-17(11-9-16)20(22)23-3/h4-13H,1-3H3. The van der Waals surface area contributed by atoms with Crippen LogP contribution in [0.1, 0.15) is 35.7 Å². The van der Waals surface area contributed by atoms with Crippen molar-refractivity contribution < 1.29 is 9.53 Å². The number of esters is 1. The number of benzene rings is 2. The van der Waals surface area contributed by atoms with Crippen molar-refractivity contribution in [3.63, 3.8) is 0 Å². The maximum atomic E-state index is 11.5. The molecule has 0 fully saturated rings. The van der Waals surface area contributed by atoms with Gasteiger partial charge in [0.25, 0.3) is 0 Å². The number of rotatable bonds is 4. The minimum absolute atomic E-state index is 0.327. The number of carbonyl (C=O) groups excluding carboxylic acids is 1. The van der Waals surface area contributed by atoms with Crippen molar-refractivity contribution in [2.75, 3.05) is 7.11 Å². The third kappa shape index (κ3) is 3.39. The molecule has 24 heavy (non-hydrogen) atoms. The van der Waals surface area contributed by atoms with Crippen LogP contribution in [0, 0.1) is 0 Å². The van der Waals surface area contributed by atoms with E-state index in [0.29, 0.717) is 11.5 Å². The highest BCUT2D eigenvalue weighted by Gasteiger charge is 2.09. The molecule has 0 aliphatic heterocycles. The highest BCUT2D eigenvalue weighted by molar-refractivity contribution is 7.13. The fourth-order valence-electron chi connectivity index (χ4n) is 2.44. The molecule has 0 radical (unpaired) electrons. The Morgan fingerprint density at radius 1 is 1.00 bits per heavy atom. The first-order valence-corrected chi connectivity index (χ1v) is 8.71. The van der Waals surface area contributed by atoms with Gasteiger partial charge >= 0.3 is 5.97 Å². The van der Waals surface area contributed by atoms with E-state index in [9.17, 15) is 4.79 Å². The molecule has 122 valence electrons. The summed E-state index contributed by atoms with van der Waals surface area (Å²) in [5.41, 5.74) is 4.96. The van der Waals surface area contributed by atoms with Gasteiger partial charge in [0.1, 0.15) is 5.01 Å². The molecule has 0 spiro atoms. The van der Waals surface area contributed by atoms with Crippen LogP contribution in [0.3, 0.4) is 0 Å². The number of aromatic nitrogens is 1. The van der Waals surface area contributed by atoms with E-state index in [1.165, 1.54) is 12.7 Å². The number of hydrogen-bond acceptors (Lipinski definition) is 4. The molecule has 0 bridgehead atoms. The first kappa shape index (κ1) is 16.4. The molecule has 4 heteroatoms. The maximum absolute atomic E-state index is 11.5. The lowest BCUT2D eigenvalue weighted by molar-refractivity contribution is 0.0601. The lowest BCUT2D eigenvalue weighted by Gasteiger charge is -2.05. The van der Waals surface area contributed by atoms with Crippen LogP contribution in [0.15, 0.2) is 53.9 Å². The molecule has 1 heterocycles. The van der Waals surface area contributed by atoms with Crippen molar-refractivity contribution in [1.82, 2.24) is 4.98 Å². The van der Waals surface area contributed by atoms with Gasteiger partial charge < -0.3 is 4.74 Å². The average Bonchev–Trinajstić information content (AvgIpc) is 3.11. The molecule has 0 N–H and O–H groups in total. The Labute approximate surface area is 146 Å². The zero-order valence-electron chi connectivity index (χ0n) is 13.9. The van der Waals surface area contributed by atoms with Crippen LogP contribution < -0.4 is 0 Å². The monoisotopic (exact) mass is 337 g/mol. The Morgan fingerprint density at radius 3 is 2.21 bits per heavy atom. The molecule has 3 nitrogen and oxygen atoms in total. The lowest BCUT2D eigenvalue weighted by atomic mass is 10.0. The highest BCUT2D eigenvalue weighted by Crippen LogP contribution is 2.29. The summed E-state index contributed by atoms with van der Waals surface area (Å²) in [6.45, 7) is 4.38. The van der Waals surface area contributed by atoms with Gasteiger partial charge in [0.15, 0.2) is 0 Å². The second-order valence-corrected chi connectivity index (χ2v) is 6.74. The van der Waals surface area contributed by atoms with Crippen molar-refractivity contribution in [3.8, 4) is 21.8 Å². The zero-order chi connectivity index (χ0) is 17.1. The molecular weight excluding hydrogens is 318 g/mol. The van der Waals surface area contributed by atoms with Gasteiger partial charge in [-0.2, -0.15) is 0 Å². The molecule has 3 aromatic rings. The van der Waals surface area contributed by atoms with E-state index in [-0.39, 0.29) is 5.97 Å². The number of thiazole rings is 1. The summed E-state index contributed by atoms with van der Waals surface area (Å²) in [6, 6.07) is 15.9. The predicted molar refractivity (Wildman–Crippen MR) is 98.4 cm³/mol. The van der Waals surface area contributed by atoms with E-state index in [4.69, 9.17) is 9.72 Å². The largest absolute Gasteiger partial charge is 0.465 e. The molecule has 0 aliphatic carbocycles. The Bertz CT molecular complexity index is 833.